The van der Waals surface area contributed by atoms with Gasteiger partial charge in [0, 0.05) is 18.3 Å². The van der Waals surface area contributed by atoms with Crippen LogP contribution < -0.4 is 5.32 Å². The summed E-state index contributed by atoms with van der Waals surface area (Å²) in [7, 11) is 0. The van der Waals surface area contributed by atoms with Gasteiger partial charge in [0.15, 0.2) is 0 Å². The van der Waals surface area contributed by atoms with Gasteiger partial charge >= 0.3 is 0 Å². The number of hydrogen-bond donors (Lipinski definition) is 1. The largest absolute Gasteiger partial charge is 0.390 e. The zero-order chi connectivity index (χ0) is 6.81. The monoisotopic (exact) mass is 135 g/mol. The van der Waals surface area contributed by atoms with Gasteiger partial charge in [0.2, 0.25) is 0 Å². The number of allylic oxidation sites excluding steroid dienone is 1. The molecule has 0 aromatic heterocycles. The van der Waals surface area contributed by atoms with E-state index in [1.54, 1.807) is 6.21 Å². The Kier molecular flexibility index (Phi) is 1.27. The zero-order valence-electron chi connectivity index (χ0n) is 5.67. The van der Waals surface area contributed by atoms with Crippen LogP contribution in [0.3, 0.4) is 0 Å². The van der Waals surface area contributed by atoms with E-state index in [-0.39, 0.29) is 0 Å². The maximum absolute atomic E-state index is 4.00. The van der Waals surface area contributed by atoms with E-state index in [9.17, 15) is 0 Å². The first-order chi connectivity index (χ1) is 4.97. The molecule has 2 heterocycles. The minimum atomic E-state index is 1.05. The lowest BCUT2D eigenvalue weighted by Gasteiger charge is -1.92. The SMILES string of the molecule is C1=NN=C2CCCNC=C12. The molecule has 52 valence electrons. The first-order valence-electron chi connectivity index (χ1n) is 3.50. The molecular formula is C7H9N3. The summed E-state index contributed by atoms with van der Waals surface area (Å²) in [5, 5.41) is 11.0. The van der Waals surface area contributed by atoms with Crippen molar-refractivity contribution < 1.29 is 0 Å². The maximum Gasteiger partial charge on any atom is 0.0734 e. The molecule has 0 bridgehead atoms. The van der Waals surface area contributed by atoms with E-state index in [0.717, 1.165) is 30.7 Å². The highest BCUT2D eigenvalue weighted by atomic mass is 15.2. The van der Waals surface area contributed by atoms with Crippen molar-refractivity contribution in [2.24, 2.45) is 10.2 Å². The molecule has 0 spiro atoms. The van der Waals surface area contributed by atoms with Gasteiger partial charge in [-0.3, -0.25) is 0 Å². The second kappa shape index (κ2) is 2.25. The Balaban J connectivity index is 2.28. The molecule has 0 aromatic rings. The van der Waals surface area contributed by atoms with E-state index in [1.165, 1.54) is 0 Å². The van der Waals surface area contributed by atoms with Crippen LogP contribution in [0.25, 0.3) is 0 Å². The van der Waals surface area contributed by atoms with Crippen LogP contribution in [0.5, 0.6) is 0 Å². The molecule has 0 aromatic carbocycles. The Morgan fingerprint density at radius 2 is 2.50 bits per heavy atom. The number of nitrogens with zero attached hydrogens (tertiary/aromatic N) is 2. The molecule has 10 heavy (non-hydrogen) atoms. The van der Waals surface area contributed by atoms with Crippen molar-refractivity contribution in [1.29, 1.82) is 0 Å². The fourth-order valence-electron chi connectivity index (χ4n) is 1.15. The highest BCUT2D eigenvalue weighted by molar-refractivity contribution is 6.18. The van der Waals surface area contributed by atoms with E-state index in [0.29, 0.717) is 0 Å². The molecule has 3 nitrogen and oxygen atoms in total. The van der Waals surface area contributed by atoms with Crippen molar-refractivity contribution in [3.05, 3.63) is 11.8 Å². The van der Waals surface area contributed by atoms with Crippen LogP contribution in [0, 0.1) is 0 Å². The fourth-order valence-corrected chi connectivity index (χ4v) is 1.15. The molecule has 0 atom stereocenters. The third-order valence-electron chi connectivity index (χ3n) is 1.70. The van der Waals surface area contributed by atoms with Crippen LogP contribution in [-0.2, 0) is 0 Å². The van der Waals surface area contributed by atoms with E-state index in [4.69, 9.17) is 0 Å². The molecule has 0 unspecified atom stereocenters. The second-order valence-electron chi connectivity index (χ2n) is 2.45. The van der Waals surface area contributed by atoms with Gasteiger partial charge in [0.25, 0.3) is 0 Å². The molecule has 2 rings (SSSR count). The first kappa shape index (κ1) is 5.65. The van der Waals surface area contributed by atoms with Gasteiger partial charge in [-0.1, -0.05) is 0 Å². The summed E-state index contributed by atoms with van der Waals surface area (Å²) in [6.45, 7) is 1.05. The summed E-state index contributed by atoms with van der Waals surface area (Å²) >= 11 is 0. The van der Waals surface area contributed by atoms with Gasteiger partial charge in [-0.05, 0) is 12.8 Å². The molecule has 0 aliphatic carbocycles. The van der Waals surface area contributed by atoms with Crippen LogP contribution in [-0.4, -0.2) is 18.5 Å². The first-order valence-corrected chi connectivity index (χ1v) is 3.50. The quantitative estimate of drug-likeness (QED) is 0.521. The van der Waals surface area contributed by atoms with Crippen LogP contribution in [0.15, 0.2) is 22.0 Å². The van der Waals surface area contributed by atoms with E-state index < -0.39 is 0 Å². The van der Waals surface area contributed by atoms with Crippen molar-refractivity contribution in [2.75, 3.05) is 6.54 Å². The van der Waals surface area contributed by atoms with Gasteiger partial charge in [0.05, 0.1) is 11.9 Å². The van der Waals surface area contributed by atoms with Gasteiger partial charge in [-0.15, -0.1) is 0 Å². The Morgan fingerprint density at radius 3 is 3.50 bits per heavy atom. The summed E-state index contributed by atoms with van der Waals surface area (Å²) in [6, 6.07) is 0. The Hall–Kier alpha value is -1.12. The molecule has 3 heteroatoms. The van der Waals surface area contributed by atoms with Crippen LogP contribution >= 0.6 is 0 Å². The lowest BCUT2D eigenvalue weighted by Crippen LogP contribution is -2.04. The summed E-state index contributed by atoms with van der Waals surface area (Å²) in [6.07, 6.45) is 6.00. The summed E-state index contributed by atoms with van der Waals surface area (Å²) in [5.41, 5.74) is 2.28. The van der Waals surface area contributed by atoms with Gasteiger partial charge in [-0.25, -0.2) is 0 Å². The summed E-state index contributed by atoms with van der Waals surface area (Å²) in [4.78, 5) is 0. The molecule has 0 saturated heterocycles. The fraction of sp³-hybridized carbons (Fsp3) is 0.429. The lowest BCUT2D eigenvalue weighted by atomic mass is 10.1. The minimum absolute atomic E-state index is 1.05. The topological polar surface area (TPSA) is 36.8 Å². The number of nitrogens with one attached hydrogen (secondary N) is 1. The number of fused-ring (bicyclic) bond motifs is 1. The molecule has 1 N–H and O–H groups in total. The molecule has 2 aliphatic heterocycles. The summed E-state index contributed by atoms with van der Waals surface area (Å²) < 4.78 is 0. The van der Waals surface area contributed by atoms with Gasteiger partial charge in [-0.2, -0.15) is 10.2 Å². The van der Waals surface area contributed by atoms with Gasteiger partial charge in [0.1, 0.15) is 0 Å². The number of rotatable bonds is 0. The van der Waals surface area contributed by atoms with Crippen molar-refractivity contribution >= 4 is 11.9 Å². The number of hydrogen-bond acceptors (Lipinski definition) is 3. The van der Waals surface area contributed by atoms with E-state index in [1.807, 2.05) is 6.20 Å². The second-order valence-corrected chi connectivity index (χ2v) is 2.45. The Morgan fingerprint density at radius 1 is 1.50 bits per heavy atom. The summed E-state index contributed by atoms with van der Waals surface area (Å²) in [5.74, 6) is 0. The molecule has 0 amide bonds. The Labute approximate surface area is 59.5 Å². The van der Waals surface area contributed by atoms with Crippen molar-refractivity contribution in [1.82, 2.24) is 5.32 Å². The molecular weight excluding hydrogens is 126 g/mol. The third kappa shape index (κ3) is 0.835. The van der Waals surface area contributed by atoms with Gasteiger partial charge < -0.3 is 5.32 Å². The predicted octanol–water partition coefficient (Wildman–Crippen LogP) is 0.694. The highest BCUT2D eigenvalue weighted by Crippen LogP contribution is 2.10. The average molecular weight is 135 g/mol. The molecule has 0 radical (unpaired) electrons. The van der Waals surface area contributed by atoms with Crippen LogP contribution in [0.4, 0.5) is 0 Å². The van der Waals surface area contributed by atoms with Crippen molar-refractivity contribution in [3.63, 3.8) is 0 Å². The molecule has 0 saturated carbocycles. The van der Waals surface area contributed by atoms with Crippen LogP contribution in [0.1, 0.15) is 12.8 Å². The van der Waals surface area contributed by atoms with Crippen molar-refractivity contribution in [3.8, 4) is 0 Å². The Bertz CT molecular complexity index is 225. The highest BCUT2D eigenvalue weighted by Gasteiger charge is 2.11. The lowest BCUT2D eigenvalue weighted by molar-refractivity contribution is 0.789. The molecule has 0 fully saturated rings. The zero-order valence-corrected chi connectivity index (χ0v) is 5.67. The van der Waals surface area contributed by atoms with Crippen LogP contribution in [0.2, 0.25) is 0 Å². The average Bonchev–Trinajstić information content (AvgIpc) is 2.28. The standard InChI is InChI=1S/C7H9N3/c1-2-7-6(4-8-3-1)5-9-10-7/h4-5,8H,1-3H2. The minimum Gasteiger partial charge on any atom is -0.390 e. The van der Waals surface area contributed by atoms with E-state index in [2.05, 4.69) is 15.5 Å². The van der Waals surface area contributed by atoms with E-state index >= 15 is 0 Å². The normalized spacial score (nSPS) is 22.4. The third-order valence-corrected chi connectivity index (χ3v) is 1.70. The predicted molar refractivity (Wildman–Crippen MR) is 41.2 cm³/mol. The molecule has 2 aliphatic rings. The smallest absolute Gasteiger partial charge is 0.0734 e. The van der Waals surface area contributed by atoms with Crippen molar-refractivity contribution in [2.45, 2.75) is 12.8 Å². The maximum atomic E-state index is 4.00.